The summed E-state index contributed by atoms with van der Waals surface area (Å²) in [6, 6.07) is 14.5. The van der Waals surface area contributed by atoms with E-state index in [-0.39, 0.29) is 0 Å². The second kappa shape index (κ2) is 5.46. The van der Waals surface area contributed by atoms with E-state index in [1.54, 1.807) is 0 Å². The van der Waals surface area contributed by atoms with Gasteiger partial charge in [-0.25, -0.2) is 9.88 Å². The first-order valence-corrected chi connectivity index (χ1v) is 5.75. The molecular formula is C14H18N3+. The van der Waals surface area contributed by atoms with Gasteiger partial charge in [0.1, 0.15) is 5.69 Å². The number of pyridine rings is 1. The first-order valence-electron chi connectivity index (χ1n) is 5.75. The van der Waals surface area contributed by atoms with Crippen LogP contribution in [0, 0.1) is 0 Å². The topological polar surface area (TPSA) is 27.9 Å². The molecule has 17 heavy (non-hydrogen) atoms. The minimum absolute atomic E-state index is 0.902. The molecule has 0 aliphatic carbocycles. The van der Waals surface area contributed by atoms with Crippen LogP contribution in [0.2, 0.25) is 0 Å². The number of aryl methyl sites for hydroxylation is 1. The Balaban J connectivity index is 2.11. The van der Waals surface area contributed by atoms with Crippen LogP contribution in [0.1, 0.15) is 5.56 Å². The molecule has 2 aromatic rings. The van der Waals surface area contributed by atoms with Gasteiger partial charge in [-0.1, -0.05) is 18.2 Å². The fraction of sp³-hybridized carbons (Fsp3) is 0.214. The number of hydrogen-bond donors (Lipinski definition) is 2. The number of anilines is 2. The zero-order chi connectivity index (χ0) is 12.1. The molecule has 0 saturated carbocycles. The van der Waals surface area contributed by atoms with Gasteiger partial charge in [0.05, 0.1) is 13.2 Å². The van der Waals surface area contributed by atoms with E-state index in [1.807, 2.05) is 32.4 Å². The van der Waals surface area contributed by atoms with E-state index in [1.165, 1.54) is 5.56 Å². The molecule has 0 radical (unpaired) electrons. The Morgan fingerprint density at radius 1 is 1.06 bits per heavy atom. The average molecular weight is 228 g/mol. The molecule has 0 unspecified atom stereocenters. The number of nitrogens with one attached hydrogen (secondary N) is 2. The maximum Gasteiger partial charge on any atom is 0.279 e. The van der Waals surface area contributed by atoms with Gasteiger partial charge in [-0.15, -0.1) is 0 Å². The lowest BCUT2D eigenvalue weighted by Gasteiger charge is -2.04. The molecule has 1 aromatic heterocycles. The van der Waals surface area contributed by atoms with E-state index in [0.29, 0.717) is 0 Å². The second-order valence-corrected chi connectivity index (χ2v) is 4.05. The van der Waals surface area contributed by atoms with E-state index in [9.17, 15) is 0 Å². The highest BCUT2D eigenvalue weighted by Gasteiger charge is 2.04. The van der Waals surface area contributed by atoms with Crippen LogP contribution in [0.5, 0.6) is 0 Å². The van der Waals surface area contributed by atoms with Crippen LogP contribution >= 0.6 is 0 Å². The largest absolute Gasteiger partial charge is 0.316 e. The van der Waals surface area contributed by atoms with Gasteiger partial charge in [0.25, 0.3) is 5.82 Å². The molecule has 0 spiro atoms. The summed E-state index contributed by atoms with van der Waals surface area (Å²) in [4.78, 5) is 0. The van der Waals surface area contributed by atoms with Crippen LogP contribution in [0.25, 0.3) is 0 Å². The van der Waals surface area contributed by atoms with Crippen molar-refractivity contribution in [3.05, 3.63) is 54.2 Å². The van der Waals surface area contributed by atoms with Crippen LogP contribution in [0.15, 0.2) is 48.7 Å². The average Bonchev–Trinajstić information content (AvgIpc) is 2.35. The normalized spacial score (nSPS) is 10.2. The Hall–Kier alpha value is -1.87. The van der Waals surface area contributed by atoms with Gasteiger partial charge < -0.3 is 5.32 Å². The van der Waals surface area contributed by atoms with Crippen LogP contribution < -0.4 is 15.2 Å². The summed E-state index contributed by atoms with van der Waals surface area (Å²) in [5.74, 6) is 1.08. The summed E-state index contributed by atoms with van der Waals surface area (Å²) in [5, 5.41) is 6.52. The van der Waals surface area contributed by atoms with Crippen molar-refractivity contribution in [2.75, 3.05) is 12.4 Å². The highest BCUT2D eigenvalue weighted by molar-refractivity contribution is 5.54. The monoisotopic (exact) mass is 228 g/mol. The number of rotatable bonds is 4. The standard InChI is InChI=1S/C14H17N3/c1-15-11-12-6-8-13(9-7-12)16-14-5-3-4-10-17(14)2/h3-10,15H,11H2,1-2H3/p+1. The van der Waals surface area contributed by atoms with Crippen molar-refractivity contribution >= 4 is 11.5 Å². The Morgan fingerprint density at radius 3 is 2.47 bits per heavy atom. The summed E-state index contributed by atoms with van der Waals surface area (Å²) < 4.78 is 2.06. The first-order chi connectivity index (χ1) is 8.29. The van der Waals surface area contributed by atoms with Crippen molar-refractivity contribution in [1.82, 2.24) is 5.32 Å². The zero-order valence-corrected chi connectivity index (χ0v) is 10.3. The van der Waals surface area contributed by atoms with E-state index >= 15 is 0 Å². The minimum Gasteiger partial charge on any atom is -0.316 e. The van der Waals surface area contributed by atoms with Crippen molar-refractivity contribution < 1.29 is 4.57 Å². The maximum absolute atomic E-state index is 3.38. The van der Waals surface area contributed by atoms with Crippen molar-refractivity contribution in [3.8, 4) is 0 Å². The van der Waals surface area contributed by atoms with E-state index < -0.39 is 0 Å². The molecule has 0 amide bonds. The molecule has 0 aliphatic rings. The predicted octanol–water partition coefficient (Wildman–Crippen LogP) is 1.97. The van der Waals surface area contributed by atoms with Gasteiger partial charge in [-0.05, 0) is 30.8 Å². The van der Waals surface area contributed by atoms with Crippen LogP contribution in [0.3, 0.4) is 0 Å². The smallest absolute Gasteiger partial charge is 0.279 e. The lowest BCUT2D eigenvalue weighted by Crippen LogP contribution is -2.30. The van der Waals surface area contributed by atoms with Gasteiger partial charge in [-0.3, -0.25) is 0 Å². The number of aromatic nitrogens is 1. The molecule has 88 valence electrons. The molecule has 2 rings (SSSR count). The second-order valence-electron chi connectivity index (χ2n) is 4.05. The van der Waals surface area contributed by atoms with E-state index in [0.717, 1.165) is 18.1 Å². The molecule has 0 fully saturated rings. The first kappa shape index (κ1) is 11.6. The third-order valence-corrected chi connectivity index (χ3v) is 2.66. The molecule has 3 heteroatoms. The summed E-state index contributed by atoms with van der Waals surface area (Å²) in [6.07, 6.45) is 2.03. The fourth-order valence-corrected chi connectivity index (χ4v) is 1.71. The molecule has 0 aliphatic heterocycles. The van der Waals surface area contributed by atoms with Gasteiger partial charge in [0.2, 0.25) is 0 Å². The number of nitrogens with zero attached hydrogens (tertiary/aromatic N) is 1. The molecule has 3 nitrogen and oxygen atoms in total. The molecule has 1 aromatic carbocycles. The Bertz CT molecular complexity index is 477. The molecule has 2 N–H and O–H groups in total. The van der Waals surface area contributed by atoms with Crippen LogP contribution in [-0.4, -0.2) is 7.05 Å². The molecule has 0 saturated heterocycles. The third-order valence-electron chi connectivity index (χ3n) is 2.66. The summed E-state index contributed by atoms with van der Waals surface area (Å²) >= 11 is 0. The lowest BCUT2D eigenvalue weighted by atomic mass is 10.2. The minimum atomic E-state index is 0.902. The Labute approximate surface area is 102 Å². The fourth-order valence-electron chi connectivity index (χ4n) is 1.71. The predicted molar refractivity (Wildman–Crippen MR) is 70.1 cm³/mol. The SMILES string of the molecule is CNCc1ccc(Nc2cccc[n+]2C)cc1. The molecule has 1 heterocycles. The molecule has 0 bridgehead atoms. The van der Waals surface area contributed by atoms with E-state index in [2.05, 4.69) is 45.5 Å². The summed E-state index contributed by atoms with van der Waals surface area (Å²) in [6.45, 7) is 0.902. The van der Waals surface area contributed by atoms with Gasteiger partial charge in [-0.2, -0.15) is 0 Å². The van der Waals surface area contributed by atoms with Crippen molar-refractivity contribution in [3.63, 3.8) is 0 Å². The Kier molecular flexibility index (Phi) is 3.73. The summed E-state index contributed by atoms with van der Waals surface area (Å²) in [7, 11) is 3.98. The highest BCUT2D eigenvalue weighted by atomic mass is 15.1. The summed E-state index contributed by atoms with van der Waals surface area (Å²) in [5.41, 5.74) is 2.39. The van der Waals surface area contributed by atoms with E-state index in [4.69, 9.17) is 0 Å². The molecule has 0 atom stereocenters. The van der Waals surface area contributed by atoms with Crippen molar-refractivity contribution in [2.24, 2.45) is 7.05 Å². The maximum atomic E-state index is 3.38. The van der Waals surface area contributed by atoms with Crippen LogP contribution in [-0.2, 0) is 13.6 Å². The quantitative estimate of drug-likeness (QED) is 0.783. The van der Waals surface area contributed by atoms with Crippen molar-refractivity contribution in [2.45, 2.75) is 6.54 Å². The van der Waals surface area contributed by atoms with Gasteiger partial charge in [0, 0.05) is 12.6 Å². The van der Waals surface area contributed by atoms with Gasteiger partial charge >= 0.3 is 0 Å². The third kappa shape index (κ3) is 3.04. The number of benzene rings is 1. The number of hydrogen-bond acceptors (Lipinski definition) is 2. The zero-order valence-electron chi connectivity index (χ0n) is 10.3. The highest BCUT2D eigenvalue weighted by Crippen LogP contribution is 2.13. The lowest BCUT2D eigenvalue weighted by molar-refractivity contribution is -0.657. The van der Waals surface area contributed by atoms with Gasteiger partial charge in [0.15, 0.2) is 0 Å². The molecular weight excluding hydrogens is 210 g/mol. The van der Waals surface area contributed by atoms with Crippen molar-refractivity contribution in [1.29, 1.82) is 0 Å². The van der Waals surface area contributed by atoms with Crippen LogP contribution in [0.4, 0.5) is 11.5 Å². The Morgan fingerprint density at radius 2 is 1.82 bits per heavy atom.